The summed E-state index contributed by atoms with van der Waals surface area (Å²) in [4.78, 5) is 25.7. The molecule has 0 spiro atoms. The van der Waals surface area contributed by atoms with Crippen molar-refractivity contribution in [1.82, 2.24) is 9.36 Å². The molecule has 0 aliphatic carbocycles. The van der Waals surface area contributed by atoms with Crippen molar-refractivity contribution in [3.05, 3.63) is 92.5 Å². The largest absolute Gasteiger partial charge is 0.451 e. The summed E-state index contributed by atoms with van der Waals surface area (Å²) >= 11 is 12.0. The molecule has 2 aromatic heterocycles. The van der Waals surface area contributed by atoms with E-state index in [0.29, 0.717) is 32.8 Å². The Balaban J connectivity index is 1.63. The molecule has 6 nitrogen and oxygen atoms in total. The van der Waals surface area contributed by atoms with Crippen LogP contribution in [0.25, 0.3) is 17.0 Å². The third-order valence-electron chi connectivity index (χ3n) is 4.83. The van der Waals surface area contributed by atoms with Crippen LogP contribution in [0.1, 0.15) is 16.2 Å². The fourth-order valence-electron chi connectivity index (χ4n) is 3.15. The fourth-order valence-corrected chi connectivity index (χ4v) is 3.45. The van der Waals surface area contributed by atoms with E-state index in [9.17, 15) is 9.59 Å². The van der Waals surface area contributed by atoms with Crippen molar-refractivity contribution in [2.45, 2.75) is 6.92 Å². The number of furan rings is 1. The van der Waals surface area contributed by atoms with Gasteiger partial charge in [0.05, 0.1) is 21.4 Å². The highest BCUT2D eigenvalue weighted by molar-refractivity contribution is 6.42. The van der Waals surface area contributed by atoms with Gasteiger partial charge in [-0.3, -0.25) is 14.3 Å². The van der Waals surface area contributed by atoms with Gasteiger partial charge < -0.3 is 9.73 Å². The first-order valence-electron chi connectivity index (χ1n) is 9.07. The van der Waals surface area contributed by atoms with Crippen LogP contribution in [0, 0.1) is 6.92 Å². The summed E-state index contributed by atoms with van der Waals surface area (Å²) in [7, 11) is 1.76. The second kappa shape index (κ2) is 7.89. The van der Waals surface area contributed by atoms with E-state index >= 15 is 0 Å². The summed E-state index contributed by atoms with van der Waals surface area (Å²) in [5.41, 5.74) is 1.87. The van der Waals surface area contributed by atoms with Crippen LogP contribution < -0.4 is 10.9 Å². The number of aromatic nitrogens is 2. The highest BCUT2D eigenvalue weighted by Gasteiger charge is 2.20. The van der Waals surface area contributed by atoms with Crippen molar-refractivity contribution in [3.63, 3.8) is 0 Å². The second-order valence-corrected chi connectivity index (χ2v) is 7.50. The number of para-hydroxylation sites is 1. The van der Waals surface area contributed by atoms with E-state index in [0.717, 1.165) is 0 Å². The molecule has 0 fully saturated rings. The molecule has 1 amide bonds. The van der Waals surface area contributed by atoms with Crippen molar-refractivity contribution in [2.75, 3.05) is 5.32 Å². The average molecular weight is 442 g/mol. The monoisotopic (exact) mass is 441 g/mol. The van der Waals surface area contributed by atoms with Gasteiger partial charge >= 0.3 is 0 Å². The predicted molar refractivity (Wildman–Crippen MR) is 118 cm³/mol. The molecule has 152 valence electrons. The lowest BCUT2D eigenvalue weighted by Crippen LogP contribution is -2.22. The van der Waals surface area contributed by atoms with Gasteiger partial charge in [0.25, 0.3) is 11.5 Å². The Bertz CT molecular complexity index is 1300. The third kappa shape index (κ3) is 3.56. The SMILES string of the molecule is Cc1c(NC(=O)c2ccc(-c3ccc(Cl)c(Cl)c3)o2)c(=O)n(-c2ccccc2)n1C. The Kier molecular flexibility index (Phi) is 5.28. The number of carbonyl (C=O) groups excluding carboxylic acids is 1. The molecule has 0 aliphatic rings. The van der Waals surface area contributed by atoms with Gasteiger partial charge in [-0.25, -0.2) is 4.68 Å². The maximum absolute atomic E-state index is 12.9. The Morgan fingerprint density at radius 1 is 1.00 bits per heavy atom. The van der Waals surface area contributed by atoms with Gasteiger partial charge in [-0.05, 0) is 49.4 Å². The standard InChI is InChI=1S/C22H17Cl2N3O3/c1-13-20(22(29)27(26(13)2)15-6-4-3-5-7-15)25-21(28)19-11-10-18(30-19)14-8-9-16(23)17(24)12-14/h3-12H,1-2H3,(H,25,28). The van der Waals surface area contributed by atoms with Crippen LogP contribution in [0.4, 0.5) is 5.69 Å². The number of amides is 1. The number of rotatable bonds is 4. The molecule has 4 rings (SSSR count). The molecule has 0 unspecified atom stereocenters. The maximum Gasteiger partial charge on any atom is 0.295 e. The molecule has 2 heterocycles. The van der Waals surface area contributed by atoms with Crippen LogP contribution in [0.5, 0.6) is 0 Å². The van der Waals surface area contributed by atoms with E-state index in [-0.39, 0.29) is 17.0 Å². The van der Waals surface area contributed by atoms with Crippen molar-refractivity contribution >= 4 is 34.8 Å². The van der Waals surface area contributed by atoms with E-state index in [1.807, 2.05) is 30.3 Å². The number of anilines is 1. The molecule has 0 saturated heterocycles. The minimum Gasteiger partial charge on any atom is -0.451 e. The lowest BCUT2D eigenvalue weighted by molar-refractivity contribution is 0.0997. The van der Waals surface area contributed by atoms with E-state index < -0.39 is 5.91 Å². The minimum atomic E-state index is -0.521. The normalized spacial score (nSPS) is 10.9. The predicted octanol–water partition coefficient (Wildman–Crippen LogP) is 5.30. The summed E-state index contributed by atoms with van der Waals surface area (Å²) in [6.07, 6.45) is 0. The minimum absolute atomic E-state index is 0.0741. The Morgan fingerprint density at radius 3 is 2.43 bits per heavy atom. The number of benzene rings is 2. The number of carbonyl (C=O) groups is 1. The maximum atomic E-state index is 12.9. The number of halogens is 2. The van der Waals surface area contributed by atoms with Crippen LogP contribution in [0.15, 0.2) is 69.9 Å². The molecule has 1 N–H and O–H groups in total. The van der Waals surface area contributed by atoms with Gasteiger partial charge in [-0.15, -0.1) is 0 Å². The van der Waals surface area contributed by atoms with Gasteiger partial charge in [0.2, 0.25) is 0 Å². The third-order valence-corrected chi connectivity index (χ3v) is 5.57. The van der Waals surface area contributed by atoms with E-state index in [4.69, 9.17) is 27.6 Å². The summed E-state index contributed by atoms with van der Waals surface area (Å²) in [6, 6.07) is 17.5. The highest BCUT2D eigenvalue weighted by atomic mass is 35.5. The van der Waals surface area contributed by atoms with Crippen LogP contribution in [0.2, 0.25) is 10.0 Å². The van der Waals surface area contributed by atoms with Gasteiger partial charge in [0, 0.05) is 12.6 Å². The van der Waals surface area contributed by atoms with Crippen molar-refractivity contribution in [3.8, 4) is 17.0 Å². The van der Waals surface area contributed by atoms with Crippen molar-refractivity contribution < 1.29 is 9.21 Å². The van der Waals surface area contributed by atoms with E-state index in [1.165, 1.54) is 4.68 Å². The summed E-state index contributed by atoms with van der Waals surface area (Å²) in [5.74, 6) is 0.0162. The molecule has 0 saturated carbocycles. The topological polar surface area (TPSA) is 69.2 Å². The first-order valence-corrected chi connectivity index (χ1v) is 9.83. The Hall–Kier alpha value is -3.22. The second-order valence-electron chi connectivity index (χ2n) is 6.68. The van der Waals surface area contributed by atoms with Gasteiger partial charge in [-0.1, -0.05) is 41.4 Å². The number of nitrogens with one attached hydrogen (secondary N) is 1. The molecular weight excluding hydrogens is 425 g/mol. The molecular formula is C22H17Cl2N3O3. The lowest BCUT2D eigenvalue weighted by Gasteiger charge is -2.07. The molecule has 30 heavy (non-hydrogen) atoms. The highest BCUT2D eigenvalue weighted by Crippen LogP contribution is 2.29. The van der Waals surface area contributed by atoms with Crippen LogP contribution in [-0.4, -0.2) is 15.3 Å². The summed E-state index contributed by atoms with van der Waals surface area (Å²) in [6.45, 7) is 1.76. The molecule has 8 heteroatoms. The zero-order chi connectivity index (χ0) is 21.4. The zero-order valence-corrected chi connectivity index (χ0v) is 17.7. The van der Waals surface area contributed by atoms with Crippen LogP contribution in [-0.2, 0) is 7.05 Å². The molecule has 0 bridgehead atoms. The van der Waals surface area contributed by atoms with Gasteiger partial charge in [0.1, 0.15) is 11.4 Å². The molecule has 0 radical (unpaired) electrons. The lowest BCUT2D eigenvalue weighted by atomic mass is 10.2. The fraction of sp³-hybridized carbons (Fsp3) is 0.0909. The number of nitrogens with zero attached hydrogens (tertiary/aromatic N) is 2. The summed E-state index contributed by atoms with van der Waals surface area (Å²) in [5, 5.41) is 3.49. The van der Waals surface area contributed by atoms with Crippen molar-refractivity contribution in [2.24, 2.45) is 7.05 Å². The first kappa shape index (κ1) is 20.1. The number of hydrogen-bond donors (Lipinski definition) is 1. The quantitative estimate of drug-likeness (QED) is 0.466. The summed E-state index contributed by atoms with van der Waals surface area (Å²) < 4.78 is 8.86. The van der Waals surface area contributed by atoms with Crippen LogP contribution >= 0.6 is 23.2 Å². The number of hydrogen-bond acceptors (Lipinski definition) is 3. The first-order chi connectivity index (χ1) is 14.4. The Morgan fingerprint density at radius 2 is 1.73 bits per heavy atom. The zero-order valence-electron chi connectivity index (χ0n) is 16.1. The van der Waals surface area contributed by atoms with Crippen molar-refractivity contribution in [1.29, 1.82) is 0 Å². The van der Waals surface area contributed by atoms with Crippen LogP contribution in [0.3, 0.4) is 0 Å². The van der Waals surface area contributed by atoms with Gasteiger partial charge in [-0.2, -0.15) is 0 Å². The Labute approximate surface area is 182 Å². The van der Waals surface area contributed by atoms with Gasteiger partial charge in [0.15, 0.2) is 5.76 Å². The smallest absolute Gasteiger partial charge is 0.295 e. The molecule has 4 aromatic rings. The van der Waals surface area contributed by atoms with E-state index in [2.05, 4.69) is 5.32 Å². The average Bonchev–Trinajstić information content (AvgIpc) is 3.31. The van der Waals surface area contributed by atoms with E-state index in [1.54, 1.807) is 49.0 Å². The molecule has 2 aromatic carbocycles. The molecule has 0 atom stereocenters. The molecule has 0 aliphatic heterocycles.